The second kappa shape index (κ2) is 2.78. The molecular formula is C6H5N3O. The summed E-state index contributed by atoms with van der Waals surface area (Å²) < 4.78 is 0. The summed E-state index contributed by atoms with van der Waals surface area (Å²) in [6.07, 6.45) is 6.38. The average molecular weight is 135 g/mol. The lowest BCUT2D eigenvalue weighted by Gasteiger charge is -1.88. The number of H-pyrrole nitrogens is 1. The molecule has 0 saturated heterocycles. The van der Waals surface area contributed by atoms with Crippen molar-refractivity contribution in [3.8, 4) is 12.3 Å². The van der Waals surface area contributed by atoms with Crippen LogP contribution < -0.4 is 5.56 Å². The molecule has 0 bridgehead atoms. The third-order valence-corrected chi connectivity index (χ3v) is 0.890. The third kappa shape index (κ3) is 1.42. The first-order valence-electron chi connectivity index (χ1n) is 2.67. The van der Waals surface area contributed by atoms with Gasteiger partial charge in [-0.25, -0.2) is 0 Å². The number of nitrogens with zero attached hydrogens (tertiary/aromatic N) is 2. The molecule has 1 aromatic rings. The molecule has 0 amide bonds. The molecule has 4 nitrogen and oxygen atoms in total. The fourth-order valence-electron chi connectivity index (χ4n) is 0.527. The Kier molecular flexibility index (Phi) is 1.80. The molecule has 0 unspecified atom stereocenters. The summed E-state index contributed by atoms with van der Waals surface area (Å²) >= 11 is 0. The Hall–Kier alpha value is -1.63. The van der Waals surface area contributed by atoms with E-state index in [1.54, 1.807) is 0 Å². The average Bonchev–Trinajstić information content (AvgIpc) is 1.88. The van der Waals surface area contributed by atoms with Crippen molar-refractivity contribution in [2.75, 3.05) is 0 Å². The van der Waals surface area contributed by atoms with E-state index < -0.39 is 0 Å². The van der Waals surface area contributed by atoms with E-state index in [2.05, 4.69) is 21.1 Å². The zero-order chi connectivity index (χ0) is 7.40. The van der Waals surface area contributed by atoms with E-state index in [4.69, 9.17) is 6.42 Å². The highest BCUT2D eigenvalue weighted by atomic mass is 16.1. The van der Waals surface area contributed by atoms with E-state index in [1.807, 2.05) is 0 Å². The van der Waals surface area contributed by atoms with Crippen LogP contribution in [0.25, 0.3) is 0 Å². The van der Waals surface area contributed by atoms with Crippen LogP contribution in [0.4, 0.5) is 0 Å². The van der Waals surface area contributed by atoms with Crippen LogP contribution in [0, 0.1) is 12.3 Å². The molecule has 1 heterocycles. The number of hydrogen-bond donors (Lipinski definition) is 1. The minimum atomic E-state index is -0.278. The van der Waals surface area contributed by atoms with E-state index in [-0.39, 0.29) is 5.56 Å². The quantitative estimate of drug-likeness (QED) is 0.520. The van der Waals surface area contributed by atoms with Crippen molar-refractivity contribution < 1.29 is 0 Å². The predicted molar refractivity (Wildman–Crippen MR) is 35.2 cm³/mol. The van der Waals surface area contributed by atoms with E-state index in [1.165, 1.54) is 0 Å². The normalized spacial score (nSPS) is 8.70. The van der Waals surface area contributed by atoms with Crippen LogP contribution in [0.1, 0.15) is 5.82 Å². The van der Waals surface area contributed by atoms with Gasteiger partial charge in [-0.1, -0.05) is 5.92 Å². The lowest BCUT2D eigenvalue weighted by molar-refractivity contribution is 0.861. The third-order valence-electron chi connectivity index (χ3n) is 0.890. The molecule has 0 spiro atoms. The fourth-order valence-corrected chi connectivity index (χ4v) is 0.527. The van der Waals surface area contributed by atoms with Crippen LogP contribution in [0.2, 0.25) is 0 Å². The van der Waals surface area contributed by atoms with Gasteiger partial charge >= 0.3 is 0 Å². The minimum Gasteiger partial charge on any atom is -0.307 e. The van der Waals surface area contributed by atoms with Gasteiger partial charge in [0.25, 0.3) is 5.56 Å². The first-order valence-corrected chi connectivity index (χ1v) is 2.67. The maximum atomic E-state index is 10.5. The lowest BCUT2D eigenvalue weighted by atomic mass is 10.4. The summed E-state index contributed by atoms with van der Waals surface area (Å²) in [6.45, 7) is 0. The highest BCUT2D eigenvalue weighted by Gasteiger charge is 1.90. The first-order chi connectivity index (χ1) is 4.83. The highest BCUT2D eigenvalue weighted by Crippen LogP contribution is 1.79. The summed E-state index contributed by atoms with van der Waals surface area (Å²) in [4.78, 5) is 13.0. The molecule has 10 heavy (non-hydrogen) atoms. The van der Waals surface area contributed by atoms with Crippen molar-refractivity contribution in [1.82, 2.24) is 15.2 Å². The van der Waals surface area contributed by atoms with Crippen LogP contribution in [0.15, 0.2) is 11.0 Å². The monoisotopic (exact) mass is 135 g/mol. The lowest BCUT2D eigenvalue weighted by Crippen LogP contribution is -2.10. The summed E-state index contributed by atoms with van der Waals surface area (Å²) in [5.41, 5.74) is -0.278. The van der Waals surface area contributed by atoms with Gasteiger partial charge in [0.2, 0.25) is 0 Å². The van der Waals surface area contributed by atoms with Gasteiger partial charge in [0.15, 0.2) is 0 Å². The standard InChI is InChI=1S/C6H5N3O/c1-2-3-5-8-6(10)4-7-9-5/h1,4H,3H2,(H,8,9,10). The Balaban J connectivity index is 2.98. The Labute approximate surface area is 57.3 Å². The molecule has 0 aliphatic rings. The smallest absolute Gasteiger partial charge is 0.269 e. The van der Waals surface area contributed by atoms with E-state index >= 15 is 0 Å². The molecule has 1 rings (SSSR count). The van der Waals surface area contributed by atoms with Gasteiger partial charge in [0.1, 0.15) is 12.0 Å². The topological polar surface area (TPSA) is 58.6 Å². The van der Waals surface area contributed by atoms with Crippen LogP contribution in [0.5, 0.6) is 0 Å². The molecule has 4 heteroatoms. The number of nitrogens with one attached hydrogen (secondary N) is 1. The molecule has 0 radical (unpaired) electrons. The van der Waals surface area contributed by atoms with Gasteiger partial charge in [0, 0.05) is 0 Å². The van der Waals surface area contributed by atoms with Crippen LogP contribution in [0.3, 0.4) is 0 Å². The molecule has 1 aromatic heterocycles. The molecule has 0 atom stereocenters. The summed E-state index contributed by atoms with van der Waals surface area (Å²) in [5.74, 6) is 2.76. The van der Waals surface area contributed by atoms with Crippen molar-refractivity contribution in [1.29, 1.82) is 0 Å². The van der Waals surface area contributed by atoms with Crippen LogP contribution in [-0.2, 0) is 6.42 Å². The molecule has 50 valence electrons. The number of aromatic nitrogens is 3. The Morgan fingerprint density at radius 2 is 2.60 bits per heavy atom. The van der Waals surface area contributed by atoms with Gasteiger partial charge in [-0.2, -0.15) is 5.10 Å². The second-order valence-corrected chi connectivity index (χ2v) is 1.66. The van der Waals surface area contributed by atoms with Gasteiger partial charge in [-0.15, -0.1) is 11.5 Å². The van der Waals surface area contributed by atoms with Crippen molar-refractivity contribution in [3.63, 3.8) is 0 Å². The number of hydrogen-bond acceptors (Lipinski definition) is 3. The predicted octanol–water partition coefficient (Wildman–Crippen LogP) is -0.659. The molecule has 0 aliphatic heterocycles. The van der Waals surface area contributed by atoms with Crippen molar-refractivity contribution in [2.45, 2.75) is 6.42 Å². The summed E-state index contributed by atoms with van der Waals surface area (Å²) in [5, 5.41) is 6.99. The SMILES string of the molecule is C#CCc1nncc(=O)[nH]1. The highest BCUT2D eigenvalue weighted by molar-refractivity contribution is 4.97. The zero-order valence-corrected chi connectivity index (χ0v) is 5.16. The molecule has 1 N–H and O–H groups in total. The van der Waals surface area contributed by atoms with E-state index in [9.17, 15) is 4.79 Å². The zero-order valence-electron chi connectivity index (χ0n) is 5.16. The van der Waals surface area contributed by atoms with Crippen LogP contribution >= 0.6 is 0 Å². The Morgan fingerprint density at radius 3 is 3.20 bits per heavy atom. The number of rotatable bonds is 1. The van der Waals surface area contributed by atoms with Gasteiger partial charge in [-0.3, -0.25) is 4.79 Å². The van der Waals surface area contributed by atoms with Gasteiger partial charge < -0.3 is 4.98 Å². The van der Waals surface area contributed by atoms with Crippen molar-refractivity contribution in [3.05, 3.63) is 22.4 Å². The van der Waals surface area contributed by atoms with Gasteiger partial charge in [-0.05, 0) is 0 Å². The maximum Gasteiger partial charge on any atom is 0.269 e. The van der Waals surface area contributed by atoms with Gasteiger partial charge in [0.05, 0.1) is 6.42 Å². The molecule has 0 fully saturated rings. The number of aromatic amines is 1. The molecular weight excluding hydrogens is 130 g/mol. The Bertz CT molecular complexity index is 309. The number of terminal acetylenes is 1. The summed E-state index contributed by atoms with van der Waals surface area (Å²) in [6, 6.07) is 0. The fraction of sp³-hybridized carbons (Fsp3) is 0.167. The molecule has 0 saturated carbocycles. The van der Waals surface area contributed by atoms with Crippen molar-refractivity contribution >= 4 is 0 Å². The first kappa shape index (κ1) is 6.49. The summed E-state index contributed by atoms with van der Waals surface area (Å²) in [7, 11) is 0. The minimum absolute atomic E-state index is 0.278. The van der Waals surface area contributed by atoms with Crippen molar-refractivity contribution in [2.24, 2.45) is 0 Å². The second-order valence-electron chi connectivity index (χ2n) is 1.66. The molecule has 0 aromatic carbocycles. The molecule has 0 aliphatic carbocycles. The Morgan fingerprint density at radius 1 is 1.80 bits per heavy atom. The van der Waals surface area contributed by atoms with Crippen LogP contribution in [-0.4, -0.2) is 15.2 Å². The van der Waals surface area contributed by atoms with E-state index in [0.717, 1.165) is 6.20 Å². The largest absolute Gasteiger partial charge is 0.307 e. The maximum absolute atomic E-state index is 10.5. The van der Waals surface area contributed by atoms with E-state index in [0.29, 0.717) is 12.2 Å².